The molecule has 2 aromatic rings. The molecule has 0 saturated carbocycles. The normalized spacial score (nSPS) is 10.5. The minimum Gasteiger partial charge on any atom is -0.496 e. The van der Waals surface area contributed by atoms with E-state index in [1.54, 1.807) is 19.2 Å². The first-order valence-electron chi connectivity index (χ1n) is 7.04. The summed E-state index contributed by atoms with van der Waals surface area (Å²) >= 11 is 0. The second-order valence-corrected chi connectivity index (χ2v) is 4.84. The number of methoxy groups -OCH3 is 1. The van der Waals surface area contributed by atoms with Crippen LogP contribution in [0.3, 0.4) is 0 Å². The molecule has 2 aromatic carbocycles. The number of hydrogen-bond acceptors (Lipinski definition) is 3. The average Bonchev–Trinajstić information content (AvgIpc) is 2.52. The maximum Gasteiger partial charge on any atom is 0.125 e. The lowest BCUT2D eigenvalue weighted by molar-refractivity contribution is 0.409. The van der Waals surface area contributed by atoms with Gasteiger partial charge in [0.25, 0.3) is 0 Å². The summed E-state index contributed by atoms with van der Waals surface area (Å²) in [6, 6.07) is 12.6. The number of benzene rings is 2. The molecule has 112 valence electrons. The lowest BCUT2D eigenvalue weighted by atomic mass is 10.1. The first-order valence-corrected chi connectivity index (χ1v) is 7.04. The molecule has 0 atom stereocenters. The Morgan fingerprint density at radius 3 is 2.62 bits per heavy atom. The van der Waals surface area contributed by atoms with Crippen LogP contribution in [0.4, 0.5) is 10.1 Å². The second-order valence-electron chi connectivity index (χ2n) is 4.84. The van der Waals surface area contributed by atoms with Crippen molar-refractivity contribution in [2.24, 2.45) is 5.73 Å². The van der Waals surface area contributed by atoms with E-state index in [9.17, 15) is 4.39 Å². The summed E-state index contributed by atoms with van der Waals surface area (Å²) in [6.45, 7) is 3.99. The van der Waals surface area contributed by atoms with Crippen molar-refractivity contribution in [3.05, 3.63) is 59.4 Å². The molecule has 0 aliphatic heterocycles. The van der Waals surface area contributed by atoms with Crippen molar-refractivity contribution in [2.45, 2.75) is 20.0 Å². The number of nitrogens with zero attached hydrogens (tertiary/aromatic N) is 1. The summed E-state index contributed by atoms with van der Waals surface area (Å²) in [5.74, 6) is 0.582. The maximum absolute atomic E-state index is 13.4. The molecule has 0 fully saturated rings. The van der Waals surface area contributed by atoms with Crippen LogP contribution in [0.2, 0.25) is 0 Å². The smallest absolute Gasteiger partial charge is 0.125 e. The minimum atomic E-state index is -0.219. The molecule has 0 aromatic heterocycles. The van der Waals surface area contributed by atoms with E-state index in [0.29, 0.717) is 13.1 Å². The van der Waals surface area contributed by atoms with Gasteiger partial charge in [-0.2, -0.15) is 0 Å². The minimum absolute atomic E-state index is 0.219. The molecule has 0 amide bonds. The molecule has 0 unspecified atom stereocenters. The Morgan fingerprint density at radius 2 is 2.00 bits per heavy atom. The summed E-state index contributed by atoms with van der Waals surface area (Å²) in [6.07, 6.45) is 0. The molecular weight excluding hydrogens is 267 g/mol. The zero-order chi connectivity index (χ0) is 15.2. The molecule has 0 saturated heterocycles. The average molecular weight is 288 g/mol. The van der Waals surface area contributed by atoms with E-state index in [-0.39, 0.29) is 5.82 Å². The Labute approximate surface area is 125 Å². The number of ether oxygens (including phenoxy) is 1. The first kappa shape index (κ1) is 15.3. The topological polar surface area (TPSA) is 38.5 Å². The van der Waals surface area contributed by atoms with E-state index < -0.39 is 0 Å². The van der Waals surface area contributed by atoms with Gasteiger partial charge in [-0.15, -0.1) is 0 Å². The molecule has 0 aliphatic rings. The predicted octanol–water partition coefficient (Wildman–Crippen LogP) is 3.32. The van der Waals surface area contributed by atoms with E-state index in [1.807, 2.05) is 24.3 Å². The van der Waals surface area contributed by atoms with Crippen molar-refractivity contribution in [3.63, 3.8) is 0 Å². The van der Waals surface area contributed by atoms with Gasteiger partial charge in [-0.3, -0.25) is 0 Å². The third-order valence-electron chi connectivity index (χ3n) is 3.49. The molecule has 2 rings (SSSR count). The predicted molar refractivity (Wildman–Crippen MR) is 84.0 cm³/mol. The zero-order valence-electron chi connectivity index (χ0n) is 12.5. The van der Waals surface area contributed by atoms with Crippen LogP contribution in [0.5, 0.6) is 5.75 Å². The van der Waals surface area contributed by atoms with Crippen LogP contribution >= 0.6 is 0 Å². The number of hydrogen-bond donors (Lipinski definition) is 1. The van der Waals surface area contributed by atoms with E-state index in [4.69, 9.17) is 10.5 Å². The van der Waals surface area contributed by atoms with Gasteiger partial charge in [0, 0.05) is 30.9 Å². The van der Waals surface area contributed by atoms with Gasteiger partial charge < -0.3 is 15.4 Å². The zero-order valence-corrected chi connectivity index (χ0v) is 12.5. The van der Waals surface area contributed by atoms with Gasteiger partial charge in [0.05, 0.1) is 7.11 Å². The number of halogens is 1. The second kappa shape index (κ2) is 7.09. The molecule has 0 spiro atoms. The summed E-state index contributed by atoms with van der Waals surface area (Å²) < 4.78 is 18.6. The highest BCUT2D eigenvalue weighted by Gasteiger charge is 2.08. The molecule has 0 radical (unpaired) electrons. The van der Waals surface area contributed by atoms with Gasteiger partial charge in [0.1, 0.15) is 11.6 Å². The van der Waals surface area contributed by atoms with E-state index in [0.717, 1.165) is 29.1 Å². The highest BCUT2D eigenvalue weighted by molar-refractivity contribution is 5.48. The van der Waals surface area contributed by atoms with Crippen molar-refractivity contribution in [3.8, 4) is 5.75 Å². The van der Waals surface area contributed by atoms with Crippen LogP contribution in [0, 0.1) is 5.82 Å². The Balaban J connectivity index is 2.22. The van der Waals surface area contributed by atoms with Crippen LogP contribution in [0.15, 0.2) is 42.5 Å². The molecule has 2 N–H and O–H groups in total. The molecule has 0 aliphatic carbocycles. The fourth-order valence-electron chi connectivity index (χ4n) is 2.37. The van der Waals surface area contributed by atoms with Crippen molar-refractivity contribution >= 4 is 5.69 Å². The summed E-state index contributed by atoms with van der Waals surface area (Å²) in [4.78, 5) is 2.12. The van der Waals surface area contributed by atoms with Crippen LogP contribution in [0.25, 0.3) is 0 Å². The summed E-state index contributed by atoms with van der Waals surface area (Å²) in [7, 11) is 1.64. The monoisotopic (exact) mass is 288 g/mol. The highest BCUT2D eigenvalue weighted by Crippen LogP contribution is 2.22. The van der Waals surface area contributed by atoms with Crippen LogP contribution < -0.4 is 15.4 Å². The Bertz CT molecular complexity index is 601. The van der Waals surface area contributed by atoms with Crippen LogP contribution in [-0.4, -0.2) is 13.7 Å². The van der Waals surface area contributed by atoms with Gasteiger partial charge in [-0.05, 0) is 42.8 Å². The van der Waals surface area contributed by atoms with Gasteiger partial charge in [0.15, 0.2) is 0 Å². The quantitative estimate of drug-likeness (QED) is 0.886. The molecule has 0 heterocycles. The Kier molecular flexibility index (Phi) is 5.17. The molecular formula is C17H21FN2O. The largest absolute Gasteiger partial charge is 0.496 e. The Hall–Kier alpha value is -2.07. The van der Waals surface area contributed by atoms with Crippen molar-refractivity contribution < 1.29 is 9.13 Å². The van der Waals surface area contributed by atoms with Crippen molar-refractivity contribution in [1.82, 2.24) is 0 Å². The van der Waals surface area contributed by atoms with Gasteiger partial charge in [-0.1, -0.05) is 12.1 Å². The Morgan fingerprint density at radius 1 is 1.19 bits per heavy atom. The standard InChI is InChI=1S/C17H21FN2O/c1-3-20(16-6-4-5-15(18)10-16)12-13-7-8-17(21-2)14(9-13)11-19/h4-10H,3,11-12,19H2,1-2H3. The highest BCUT2D eigenvalue weighted by atomic mass is 19.1. The van der Waals surface area contributed by atoms with Crippen LogP contribution in [-0.2, 0) is 13.1 Å². The number of rotatable bonds is 6. The fourth-order valence-corrected chi connectivity index (χ4v) is 2.37. The SMILES string of the molecule is CCN(Cc1ccc(OC)c(CN)c1)c1cccc(F)c1. The van der Waals surface area contributed by atoms with Crippen molar-refractivity contribution in [2.75, 3.05) is 18.6 Å². The number of nitrogens with two attached hydrogens (primary N) is 1. The number of anilines is 1. The summed E-state index contributed by atoms with van der Waals surface area (Å²) in [5, 5.41) is 0. The van der Waals surface area contributed by atoms with Crippen LogP contribution in [0.1, 0.15) is 18.1 Å². The summed E-state index contributed by atoms with van der Waals surface area (Å²) in [5.41, 5.74) is 8.73. The van der Waals surface area contributed by atoms with Crippen molar-refractivity contribution in [1.29, 1.82) is 0 Å². The lowest BCUT2D eigenvalue weighted by Crippen LogP contribution is -2.22. The van der Waals surface area contributed by atoms with Gasteiger partial charge in [-0.25, -0.2) is 4.39 Å². The van der Waals surface area contributed by atoms with E-state index in [1.165, 1.54) is 6.07 Å². The molecule has 3 nitrogen and oxygen atoms in total. The lowest BCUT2D eigenvalue weighted by Gasteiger charge is -2.24. The fraction of sp³-hybridized carbons (Fsp3) is 0.294. The molecule has 21 heavy (non-hydrogen) atoms. The van der Waals surface area contributed by atoms with Gasteiger partial charge in [0.2, 0.25) is 0 Å². The first-order chi connectivity index (χ1) is 10.2. The van der Waals surface area contributed by atoms with E-state index >= 15 is 0 Å². The molecule has 0 bridgehead atoms. The maximum atomic E-state index is 13.4. The third kappa shape index (κ3) is 3.73. The van der Waals surface area contributed by atoms with Gasteiger partial charge >= 0.3 is 0 Å². The van der Waals surface area contributed by atoms with E-state index in [2.05, 4.69) is 11.8 Å². The molecule has 4 heteroatoms. The third-order valence-corrected chi connectivity index (χ3v) is 3.49.